The molecular formula is C5H7ClF2O2S. The maximum absolute atomic E-state index is 12.4. The van der Waals surface area contributed by atoms with Gasteiger partial charge >= 0.3 is 0 Å². The molecule has 11 heavy (non-hydrogen) atoms. The summed E-state index contributed by atoms with van der Waals surface area (Å²) in [6, 6.07) is 0. The van der Waals surface area contributed by atoms with E-state index in [9.17, 15) is 17.2 Å². The lowest BCUT2D eigenvalue weighted by Gasteiger charge is -2.05. The monoisotopic (exact) mass is 204 g/mol. The molecule has 1 fully saturated rings. The summed E-state index contributed by atoms with van der Waals surface area (Å²) in [5, 5.41) is 0. The molecule has 6 heteroatoms. The third kappa shape index (κ3) is 1.82. The van der Waals surface area contributed by atoms with Gasteiger partial charge in [-0.2, -0.15) is 0 Å². The van der Waals surface area contributed by atoms with Crippen molar-refractivity contribution in [3.8, 4) is 0 Å². The van der Waals surface area contributed by atoms with Crippen LogP contribution in [-0.4, -0.2) is 20.1 Å². The molecule has 0 amide bonds. The second-order valence-corrected chi connectivity index (χ2v) is 5.90. The molecule has 2 nitrogen and oxygen atoms in total. The normalized spacial score (nSPS) is 35.3. The minimum absolute atomic E-state index is 0.383. The molecule has 0 aliphatic heterocycles. The minimum atomic E-state index is -3.80. The van der Waals surface area contributed by atoms with E-state index in [2.05, 4.69) is 0 Å². The lowest BCUT2D eigenvalue weighted by atomic mass is 10.2. The fraction of sp³-hybridized carbons (Fsp3) is 1.00. The van der Waals surface area contributed by atoms with Crippen LogP contribution in [0.25, 0.3) is 0 Å². The van der Waals surface area contributed by atoms with Gasteiger partial charge in [-0.3, -0.25) is 0 Å². The van der Waals surface area contributed by atoms with Crippen LogP contribution in [0.5, 0.6) is 0 Å². The second-order valence-electron chi connectivity index (χ2n) is 3.13. The zero-order valence-electron chi connectivity index (χ0n) is 5.77. The van der Waals surface area contributed by atoms with Gasteiger partial charge in [0.1, 0.15) is 0 Å². The van der Waals surface area contributed by atoms with E-state index in [0.29, 0.717) is 0 Å². The Hall–Kier alpha value is 0.1000. The summed E-state index contributed by atoms with van der Waals surface area (Å²) in [6.07, 6.45) is -0.383. The minimum Gasteiger partial charge on any atom is -0.212 e. The van der Waals surface area contributed by atoms with E-state index in [1.807, 2.05) is 0 Å². The molecule has 0 bridgehead atoms. The Balaban J connectivity index is 2.68. The highest BCUT2D eigenvalue weighted by Crippen LogP contribution is 2.60. The summed E-state index contributed by atoms with van der Waals surface area (Å²) < 4.78 is 45.6. The van der Waals surface area contributed by atoms with Crippen LogP contribution < -0.4 is 0 Å². The molecule has 1 aliphatic rings. The molecule has 1 unspecified atom stereocenters. The molecule has 1 rings (SSSR count). The average Bonchev–Trinajstić information content (AvgIpc) is 1.96. The standard InChI is InChI=1S/C5H7ClF2O2S/c1-4(2-5(4,7)8)3-11(6,9)10/h2-3H2,1H3. The molecule has 0 spiro atoms. The van der Waals surface area contributed by atoms with Gasteiger partial charge in [-0.05, 0) is 0 Å². The third-order valence-electron chi connectivity index (χ3n) is 1.86. The molecule has 0 aromatic heterocycles. The molecule has 1 aliphatic carbocycles. The van der Waals surface area contributed by atoms with E-state index >= 15 is 0 Å². The molecule has 0 heterocycles. The van der Waals surface area contributed by atoms with Crippen LogP contribution in [-0.2, 0) is 9.05 Å². The van der Waals surface area contributed by atoms with Gasteiger partial charge in [0.2, 0.25) is 9.05 Å². The van der Waals surface area contributed by atoms with E-state index in [1.165, 1.54) is 6.92 Å². The van der Waals surface area contributed by atoms with Gasteiger partial charge in [-0.1, -0.05) is 6.92 Å². The zero-order valence-corrected chi connectivity index (χ0v) is 7.35. The van der Waals surface area contributed by atoms with Crippen molar-refractivity contribution in [2.45, 2.75) is 19.3 Å². The molecule has 1 saturated carbocycles. The Kier molecular flexibility index (Phi) is 1.73. The molecule has 0 N–H and O–H groups in total. The summed E-state index contributed by atoms with van der Waals surface area (Å²) in [6.45, 7) is 1.22. The maximum Gasteiger partial charge on any atom is 0.255 e. The highest BCUT2D eigenvalue weighted by molar-refractivity contribution is 8.13. The van der Waals surface area contributed by atoms with Crippen LogP contribution in [0.3, 0.4) is 0 Å². The zero-order chi connectivity index (χ0) is 8.91. The van der Waals surface area contributed by atoms with Gasteiger partial charge in [0.15, 0.2) is 0 Å². The Morgan fingerprint density at radius 3 is 2.00 bits per heavy atom. The number of rotatable bonds is 2. The van der Waals surface area contributed by atoms with Crippen LogP contribution >= 0.6 is 10.7 Å². The summed E-state index contributed by atoms with van der Waals surface area (Å²) in [4.78, 5) is 0. The van der Waals surface area contributed by atoms with E-state index in [0.717, 1.165) is 0 Å². The van der Waals surface area contributed by atoms with Crippen molar-refractivity contribution in [1.82, 2.24) is 0 Å². The number of halogens is 3. The molecule has 0 aromatic rings. The second kappa shape index (κ2) is 2.07. The van der Waals surface area contributed by atoms with Gasteiger partial charge < -0.3 is 0 Å². The summed E-state index contributed by atoms with van der Waals surface area (Å²) in [5.74, 6) is -3.50. The molecule has 1 atom stereocenters. The van der Waals surface area contributed by atoms with Gasteiger partial charge in [0, 0.05) is 17.1 Å². The first-order valence-electron chi connectivity index (χ1n) is 2.96. The lowest BCUT2D eigenvalue weighted by Crippen LogP contribution is -2.16. The SMILES string of the molecule is CC1(CS(=O)(=O)Cl)CC1(F)F. The van der Waals surface area contributed by atoms with Crippen molar-refractivity contribution in [3.63, 3.8) is 0 Å². The van der Waals surface area contributed by atoms with Crippen molar-refractivity contribution in [1.29, 1.82) is 0 Å². The topological polar surface area (TPSA) is 34.1 Å². The highest BCUT2D eigenvalue weighted by atomic mass is 35.7. The maximum atomic E-state index is 12.4. The van der Waals surface area contributed by atoms with E-state index < -0.39 is 26.1 Å². The van der Waals surface area contributed by atoms with Crippen LogP contribution in [0.2, 0.25) is 0 Å². The van der Waals surface area contributed by atoms with E-state index in [1.54, 1.807) is 0 Å². The Bertz CT molecular complexity index is 274. The first-order chi connectivity index (χ1) is 4.66. The summed E-state index contributed by atoms with van der Waals surface area (Å²) >= 11 is 0. The van der Waals surface area contributed by atoms with Crippen molar-refractivity contribution < 1.29 is 17.2 Å². The highest BCUT2D eigenvalue weighted by Gasteiger charge is 2.69. The lowest BCUT2D eigenvalue weighted by molar-refractivity contribution is 0.0771. The van der Waals surface area contributed by atoms with Crippen LogP contribution in [0, 0.1) is 5.41 Å². The largest absolute Gasteiger partial charge is 0.255 e. The molecular weight excluding hydrogens is 198 g/mol. The smallest absolute Gasteiger partial charge is 0.212 e. The average molecular weight is 205 g/mol. The quantitative estimate of drug-likeness (QED) is 0.641. The van der Waals surface area contributed by atoms with E-state index in [-0.39, 0.29) is 6.42 Å². The fourth-order valence-electron chi connectivity index (χ4n) is 0.983. The van der Waals surface area contributed by atoms with Gasteiger partial charge in [-0.15, -0.1) is 0 Å². The Morgan fingerprint density at radius 2 is 1.91 bits per heavy atom. The molecule has 66 valence electrons. The van der Waals surface area contributed by atoms with Crippen molar-refractivity contribution >= 4 is 19.7 Å². The van der Waals surface area contributed by atoms with Gasteiger partial charge in [-0.25, -0.2) is 17.2 Å². The summed E-state index contributed by atoms with van der Waals surface area (Å²) in [5.41, 5.74) is -1.42. The van der Waals surface area contributed by atoms with Crippen molar-refractivity contribution in [3.05, 3.63) is 0 Å². The number of hydrogen-bond donors (Lipinski definition) is 0. The van der Waals surface area contributed by atoms with Crippen LogP contribution in [0.1, 0.15) is 13.3 Å². The number of hydrogen-bond acceptors (Lipinski definition) is 2. The van der Waals surface area contributed by atoms with Crippen LogP contribution in [0.4, 0.5) is 8.78 Å². The molecule has 0 aromatic carbocycles. The van der Waals surface area contributed by atoms with Crippen LogP contribution in [0.15, 0.2) is 0 Å². The predicted molar refractivity (Wildman–Crippen MR) is 37.3 cm³/mol. The van der Waals surface area contributed by atoms with Gasteiger partial charge in [0.05, 0.1) is 11.2 Å². The molecule has 0 radical (unpaired) electrons. The van der Waals surface area contributed by atoms with Crippen molar-refractivity contribution in [2.75, 3.05) is 5.75 Å². The predicted octanol–water partition coefficient (Wildman–Crippen LogP) is 1.60. The fourth-order valence-corrected chi connectivity index (χ4v) is 2.78. The van der Waals surface area contributed by atoms with Gasteiger partial charge in [0.25, 0.3) is 5.92 Å². The van der Waals surface area contributed by atoms with E-state index in [4.69, 9.17) is 10.7 Å². The third-order valence-corrected chi connectivity index (χ3v) is 3.17. The Labute approximate surface area is 68.0 Å². The first kappa shape index (κ1) is 9.19. The Morgan fingerprint density at radius 1 is 1.55 bits per heavy atom. The summed E-state index contributed by atoms with van der Waals surface area (Å²) in [7, 11) is 1.03. The van der Waals surface area contributed by atoms with Crippen molar-refractivity contribution in [2.24, 2.45) is 5.41 Å². The number of alkyl halides is 2. The first-order valence-corrected chi connectivity index (χ1v) is 5.44. The molecule has 0 saturated heterocycles.